The summed E-state index contributed by atoms with van der Waals surface area (Å²) < 4.78 is 38.6. The molecule has 9 heteroatoms. The average Bonchev–Trinajstić information content (AvgIpc) is 2.92. The predicted octanol–water partition coefficient (Wildman–Crippen LogP) is -1.64. The number of nitrogens with zero attached hydrogens (tertiary/aromatic N) is 3. The Morgan fingerprint density at radius 1 is 1.26 bits per heavy atom. The van der Waals surface area contributed by atoms with Crippen LogP contribution in [0.1, 0.15) is 24.6 Å². The van der Waals surface area contributed by atoms with Crippen LogP contribution >= 0.6 is 0 Å². The van der Waals surface area contributed by atoms with Gasteiger partial charge in [0.2, 0.25) is 0 Å². The maximum absolute atomic E-state index is 10.5. The van der Waals surface area contributed by atoms with Gasteiger partial charge in [-0.25, -0.2) is 8.42 Å². The molecule has 1 heterocycles. The third-order valence-corrected chi connectivity index (χ3v) is 3.87. The fourth-order valence-electron chi connectivity index (χ4n) is 1.90. The van der Waals surface area contributed by atoms with E-state index in [9.17, 15) is 13.0 Å². The van der Waals surface area contributed by atoms with Crippen LogP contribution in [0.25, 0.3) is 0 Å². The van der Waals surface area contributed by atoms with Crippen molar-refractivity contribution < 1.29 is 47.3 Å². The molecule has 7 nitrogen and oxygen atoms in total. The molecule has 0 aliphatic heterocycles. The fourth-order valence-corrected chi connectivity index (χ4v) is 2.38. The summed E-state index contributed by atoms with van der Waals surface area (Å²) in [6.45, 7) is 2.71. The third kappa shape index (κ3) is 7.45. The van der Waals surface area contributed by atoms with Gasteiger partial charge in [-0.3, -0.25) is 4.68 Å². The quantitative estimate of drug-likeness (QED) is 0.420. The maximum atomic E-state index is 10.5. The number of aryl methyl sites for hydroxylation is 2. The van der Waals surface area contributed by atoms with Crippen LogP contribution in [0.2, 0.25) is 0 Å². The molecule has 2 rings (SSSR count). The molecule has 0 fully saturated rings. The van der Waals surface area contributed by atoms with Crippen molar-refractivity contribution in [2.45, 2.75) is 32.9 Å². The molecule has 0 amide bonds. The van der Waals surface area contributed by atoms with Gasteiger partial charge in [0.05, 0.1) is 16.3 Å². The monoisotopic (exact) mass is 347 g/mol. The van der Waals surface area contributed by atoms with Crippen LogP contribution < -0.4 is 34.3 Å². The van der Waals surface area contributed by atoms with Gasteiger partial charge in [-0.1, -0.05) is 24.3 Å². The van der Waals surface area contributed by atoms with E-state index >= 15 is 0 Å². The Morgan fingerprint density at radius 2 is 1.96 bits per heavy atom. The molecule has 23 heavy (non-hydrogen) atoms. The molecule has 0 atom stereocenters. The minimum Gasteiger partial charge on any atom is -0.748 e. The molecule has 1 aromatic heterocycles. The Hall–Kier alpha value is -0.930. The van der Waals surface area contributed by atoms with Crippen molar-refractivity contribution in [2.75, 3.05) is 5.75 Å². The number of ether oxygens (including phenoxy) is 1. The van der Waals surface area contributed by atoms with Crippen LogP contribution in [0.4, 0.5) is 0 Å². The van der Waals surface area contributed by atoms with Crippen molar-refractivity contribution in [1.82, 2.24) is 15.0 Å². The van der Waals surface area contributed by atoms with Crippen LogP contribution in [-0.4, -0.2) is 33.7 Å². The summed E-state index contributed by atoms with van der Waals surface area (Å²) in [5.41, 5.74) is 1.89. The molecule has 0 saturated heterocycles. The first kappa shape index (κ1) is 20.1. The Labute approximate surface area is 158 Å². The average molecular weight is 347 g/mol. The number of benzene rings is 1. The molecular formula is C14H18N3NaO4S. The van der Waals surface area contributed by atoms with E-state index in [2.05, 4.69) is 17.2 Å². The molecule has 0 aliphatic rings. The van der Waals surface area contributed by atoms with Gasteiger partial charge in [0.25, 0.3) is 0 Å². The maximum Gasteiger partial charge on any atom is 1.00 e. The SMILES string of the molecule is CCc1ccc(OCc2cn(CCCS(=O)(=O)[O-])nn2)cc1.[Na+]. The minimum absolute atomic E-state index is 0. The topological polar surface area (TPSA) is 97.1 Å². The smallest absolute Gasteiger partial charge is 0.748 e. The first-order chi connectivity index (χ1) is 10.5. The molecule has 120 valence electrons. The van der Waals surface area contributed by atoms with E-state index < -0.39 is 15.9 Å². The Kier molecular flexibility index (Phi) is 8.21. The van der Waals surface area contributed by atoms with Gasteiger partial charge in [0.1, 0.15) is 18.1 Å². The molecular weight excluding hydrogens is 329 g/mol. The molecule has 2 aromatic rings. The zero-order chi connectivity index (χ0) is 16.0. The summed E-state index contributed by atoms with van der Waals surface area (Å²) in [5.74, 6) is 0.354. The van der Waals surface area contributed by atoms with Gasteiger partial charge in [-0.05, 0) is 30.5 Å². The second kappa shape index (κ2) is 9.39. The number of hydrogen-bond acceptors (Lipinski definition) is 6. The van der Waals surface area contributed by atoms with Gasteiger partial charge in [0, 0.05) is 12.3 Å². The summed E-state index contributed by atoms with van der Waals surface area (Å²) in [6, 6.07) is 7.83. The van der Waals surface area contributed by atoms with E-state index in [0.717, 1.165) is 12.2 Å². The molecule has 0 N–H and O–H groups in total. The third-order valence-electron chi connectivity index (χ3n) is 3.09. The fraction of sp³-hybridized carbons (Fsp3) is 0.429. The van der Waals surface area contributed by atoms with Crippen molar-refractivity contribution in [3.8, 4) is 5.75 Å². The summed E-state index contributed by atoms with van der Waals surface area (Å²) in [7, 11) is -4.18. The Balaban J connectivity index is 0.00000264. The van der Waals surface area contributed by atoms with E-state index in [4.69, 9.17) is 4.74 Å². The van der Waals surface area contributed by atoms with E-state index in [0.29, 0.717) is 12.2 Å². The number of hydrogen-bond donors (Lipinski definition) is 0. The molecule has 1 aromatic carbocycles. The van der Waals surface area contributed by atoms with Gasteiger partial charge in [0.15, 0.2) is 0 Å². The largest absolute Gasteiger partial charge is 1.00 e. The van der Waals surface area contributed by atoms with E-state index in [1.165, 1.54) is 10.2 Å². The standard InChI is InChI=1S/C14H19N3O4S.Na/c1-2-12-4-6-14(7-5-12)21-11-13-10-17(16-15-13)8-3-9-22(18,19)20;/h4-7,10H,2-3,8-9,11H2,1H3,(H,18,19,20);/q;+1/p-1. The van der Waals surface area contributed by atoms with Crippen molar-refractivity contribution in [1.29, 1.82) is 0 Å². The zero-order valence-corrected chi connectivity index (χ0v) is 16.1. The number of aromatic nitrogens is 3. The van der Waals surface area contributed by atoms with Crippen LogP contribution in [0.15, 0.2) is 30.5 Å². The second-order valence-electron chi connectivity index (χ2n) is 4.87. The molecule has 0 spiro atoms. The van der Waals surface area contributed by atoms with Crippen LogP contribution in [0.5, 0.6) is 5.75 Å². The van der Waals surface area contributed by atoms with Gasteiger partial charge >= 0.3 is 29.6 Å². The van der Waals surface area contributed by atoms with Crippen LogP contribution in [0.3, 0.4) is 0 Å². The summed E-state index contributed by atoms with van der Waals surface area (Å²) in [4.78, 5) is 0. The van der Waals surface area contributed by atoms with E-state index in [1.54, 1.807) is 6.20 Å². The molecule has 0 bridgehead atoms. The van der Waals surface area contributed by atoms with Gasteiger partial charge in [-0.15, -0.1) is 5.10 Å². The normalized spacial score (nSPS) is 11.0. The van der Waals surface area contributed by atoms with Crippen molar-refractivity contribution in [2.24, 2.45) is 0 Å². The minimum atomic E-state index is -4.18. The number of rotatable bonds is 8. The van der Waals surface area contributed by atoms with Crippen molar-refractivity contribution in [3.63, 3.8) is 0 Å². The summed E-state index contributed by atoms with van der Waals surface area (Å²) in [5, 5.41) is 7.81. The van der Waals surface area contributed by atoms with Crippen molar-refractivity contribution in [3.05, 3.63) is 41.7 Å². The first-order valence-corrected chi connectivity index (χ1v) is 8.58. The summed E-state index contributed by atoms with van der Waals surface area (Å²) >= 11 is 0. The molecule has 0 unspecified atom stereocenters. The Bertz CT molecular complexity index is 701. The molecule has 0 aliphatic carbocycles. The van der Waals surface area contributed by atoms with Gasteiger partial charge in [-0.2, -0.15) is 0 Å². The first-order valence-electron chi connectivity index (χ1n) is 7.00. The molecule has 0 saturated carbocycles. The van der Waals surface area contributed by atoms with Crippen LogP contribution in [-0.2, 0) is 29.7 Å². The van der Waals surface area contributed by atoms with E-state index in [-0.39, 0.29) is 42.6 Å². The Morgan fingerprint density at radius 3 is 2.57 bits per heavy atom. The van der Waals surface area contributed by atoms with Crippen LogP contribution in [0, 0.1) is 0 Å². The van der Waals surface area contributed by atoms with Crippen molar-refractivity contribution >= 4 is 10.1 Å². The zero-order valence-electron chi connectivity index (χ0n) is 13.3. The summed E-state index contributed by atoms with van der Waals surface area (Å²) in [6.07, 6.45) is 2.87. The molecule has 0 radical (unpaired) electrons. The predicted molar refractivity (Wildman–Crippen MR) is 79.4 cm³/mol. The second-order valence-corrected chi connectivity index (χ2v) is 6.40. The van der Waals surface area contributed by atoms with E-state index in [1.807, 2.05) is 24.3 Å². The van der Waals surface area contributed by atoms with Gasteiger partial charge < -0.3 is 9.29 Å².